The van der Waals surface area contributed by atoms with Gasteiger partial charge in [0.2, 0.25) is 0 Å². The Hall–Kier alpha value is -3.32. The highest BCUT2D eigenvalue weighted by atomic mass is 32.2. The first-order valence-electron chi connectivity index (χ1n) is 11.6. The van der Waals surface area contributed by atoms with E-state index in [9.17, 15) is 13.2 Å². The number of benzene rings is 3. The molecule has 1 atom stereocenters. The highest BCUT2D eigenvalue weighted by molar-refractivity contribution is 7.92. The van der Waals surface area contributed by atoms with Crippen molar-refractivity contribution < 1.29 is 17.9 Å². The van der Waals surface area contributed by atoms with Gasteiger partial charge in [0.15, 0.2) is 6.10 Å². The number of nitrogens with zero attached hydrogens (tertiary/aromatic N) is 1. The minimum atomic E-state index is -3.87. The van der Waals surface area contributed by atoms with Crippen molar-refractivity contribution in [3.8, 4) is 5.75 Å². The predicted octanol–water partition coefficient (Wildman–Crippen LogP) is 4.39. The molecule has 3 aromatic rings. The zero-order valence-electron chi connectivity index (χ0n) is 19.7. The number of rotatable bonds is 7. The Bertz CT molecular complexity index is 1290. The topological polar surface area (TPSA) is 75.7 Å². The van der Waals surface area contributed by atoms with Crippen LogP contribution in [-0.2, 0) is 34.2 Å². The molecule has 0 unspecified atom stereocenters. The van der Waals surface area contributed by atoms with E-state index in [1.807, 2.05) is 13.0 Å². The van der Waals surface area contributed by atoms with E-state index in [1.165, 1.54) is 15.4 Å². The van der Waals surface area contributed by atoms with Crippen LogP contribution < -0.4 is 14.4 Å². The number of carbonyl (C=O) groups is 1. The van der Waals surface area contributed by atoms with Crippen molar-refractivity contribution in [1.82, 2.24) is 5.32 Å². The molecule has 0 aliphatic carbocycles. The summed E-state index contributed by atoms with van der Waals surface area (Å²) >= 11 is 0. The number of carbonyl (C=O) groups excluding carboxylic acids is 1. The average molecular weight is 479 g/mol. The number of ether oxygens (including phenoxy) is 1. The van der Waals surface area contributed by atoms with Gasteiger partial charge in [0.05, 0.1) is 17.1 Å². The molecule has 34 heavy (non-hydrogen) atoms. The monoisotopic (exact) mass is 478 g/mol. The van der Waals surface area contributed by atoms with Crippen molar-refractivity contribution in [1.29, 1.82) is 0 Å². The van der Waals surface area contributed by atoms with E-state index in [1.54, 1.807) is 42.5 Å². The molecular formula is C27H30N2O4S. The molecule has 0 bridgehead atoms. The van der Waals surface area contributed by atoms with Gasteiger partial charge in [-0.05, 0) is 66.3 Å². The zero-order chi connectivity index (χ0) is 24.3. The summed E-state index contributed by atoms with van der Waals surface area (Å²) < 4.78 is 34.2. The molecule has 0 spiro atoms. The van der Waals surface area contributed by atoms with Crippen LogP contribution in [-0.4, -0.2) is 27.0 Å². The minimum absolute atomic E-state index is 0.102. The van der Waals surface area contributed by atoms with Gasteiger partial charge in [-0.25, -0.2) is 8.42 Å². The molecule has 178 valence electrons. The lowest BCUT2D eigenvalue weighted by molar-refractivity contribution is -0.127. The fourth-order valence-electron chi connectivity index (χ4n) is 4.15. The predicted molar refractivity (Wildman–Crippen MR) is 134 cm³/mol. The van der Waals surface area contributed by atoms with Gasteiger partial charge in [-0.2, -0.15) is 0 Å². The first kappa shape index (κ1) is 23.8. The molecular weight excluding hydrogens is 448 g/mol. The summed E-state index contributed by atoms with van der Waals surface area (Å²) in [5, 5.41) is 2.97. The van der Waals surface area contributed by atoms with Crippen LogP contribution in [0.1, 0.15) is 36.1 Å². The third kappa shape index (κ3) is 4.80. The van der Waals surface area contributed by atoms with E-state index in [2.05, 4.69) is 37.4 Å². The van der Waals surface area contributed by atoms with E-state index in [-0.39, 0.29) is 17.3 Å². The third-order valence-corrected chi connectivity index (χ3v) is 7.92. The number of sulfonamides is 1. The Morgan fingerprint density at radius 3 is 2.47 bits per heavy atom. The SMILES string of the molecule is CCc1ccc(CC)c(CNC(=O)[C@H]2CN(S(=O)(=O)c3ccccc3)c3ccc(C)cc3O2)c1. The number of anilines is 1. The van der Waals surface area contributed by atoms with E-state index >= 15 is 0 Å². The van der Waals surface area contributed by atoms with Crippen LogP contribution in [0.3, 0.4) is 0 Å². The maximum absolute atomic E-state index is 13.5. The molecule has 1 heterocycles. The van der Waals surface area contributed by atoms with Gasteiger partial charge in [0.1, 0.15) is 5.75 Å². The lowest BCUT2D eigenvalue weighted by Gasteiger charge is -2.35. The second kappa shape index (κ2) is 9.89. The second-order valence-electron chi connectivity index (χ2n) is 8.45. The first-order valence-corrected chi connectivity index (χ1v) is 13.0. The second-order valence-corrected chi connectivity index (χ2v) is 10.3. The van der Waals surface area contributed by atoms with Crippen LogP contribution >= 0.6 is 0 Å². The Kier molecular flexibility index (Phi) is 6.93. The van der Waals surface area contributed by atoms with E-state index in [4.69, 9.17) is 4.74 Å². The van der Waals surface area contributed by atoms with Crippen LogP contribution in [0.5, 0.6) is 5.75 Å². The number of aryl methyl sites for hydroxylation is 3. The summed E-state index contributed by atoms with van der Waals surface area (Å²) in [6.07, 6.45) is 0.816. The smallest absolute Gasteiger partial charge is 0.264 e. The van der Waals surface area contributed by atoms with Crippen molar-refractivity contribution in [2.24, 2.45) is 0 Å². The molecule has 0 aromatic heterocycles. The Morgan fingerprint density at radius 2 is 1.76 bits per heavy atom. The number of fused-ring (bicyclic) bond motifs is 1. The standard InChI is InChI=1S/C27H30N2O4S/c1-4-20-12-13-21(5-2)22(16-20)17-28-27(30)26-18-29(24-14-11-19(3)15-25(24)33-26)34(31,32)23-9-7-6-8-10-23/h6-16,26H,4-5,17-18H2,1-3H3,(H,28,30)/t26-/m1/s1. The Balaban J connectivity index is 1.61. The molecule has 0 saturated carbocycles. The molecule has 0 fully saturated rings. The van der Waals surface area contributed by atoms with Gasteiger partial charge in [0.25, 0.3) is 15.9 Å². The largest absolute Gasteiger partial charge is 0.476 e. The van der Waals surface area contributed by atoms with Gasteiger partial charge in [-0.1, -0.05) is 56.3 Å². The molecule has 1 N–H and O–H groups in total. The normalized spacial score (nSPS) is 15.4. The average Bonchev–Trinajstić information content (AvgIpc) is 2.86. The van der Waals surface area contributed by atoms with Crippen molar-refractivity contribution >= 4 is 21.6 Å². The number of nitrogens with one attached hydrogen (secondary N) is 1. The van der Waals surface area contributed by atoms with Crippen molar-refractivity contribution in [2.45, 2.75) is 51.2 Å². The van der Waals surface area contributed by atoms with E-state index < -0.39 is 16.1 Å². The fourth-order valence-corrected chi connectivity index (χ4v) is 5.65. The van der Waals surface area contributed by atoms with Crippen LogP contribution in [0.25, 0.3) is 0 Å². The van der Waals surface area contributed by atoms with Gasteiger partial charge < -0.3 is 10.1 Å². The summed E-state index contributed by atoms with van der Waals surface area (Å²) in [5.74, 6) is 0.0394. The van der Waals surface area contributed by atoms with Crippen LogP contribution in [0.4, 0.5) is 5.69 Å². The lowest BCUT2D eigenvalue weighted by atomic mass is 10.0. The maximum atomic E-state index is 13.5. The molecule has 3 aromatic carbocycles. The van der Waals surface area contributed by atoms with Gasteiger partial charge >= 0.3 is 0 Å². The molecule has 1 amide bonds. The number of hydrogen-bond acceptors (Lipinski definition) is 4. The summed E-state index contributed by atoms with van der Waals surface area (Å²) in [6, 6.07) is 19.9. The molecule has 0 saturated heterocycles. The highest BCUT2D eigenvalue weighted by Gasteiger charge is 2.37. The van der Waals surface area contributed by atoms with Crippen LogP contribution in [0.2, 0.25) is 0 Å². The zero-order valence-corrected chi connectivity index (χ0v) is 20.6. The highest BCUT2D eigenvalue weighted by Crippen LogP contribution is 2.37. The van der Waals surface area contributed by atoms with Crippen molar-refractivity contribution in [3.63, 3.8) is 0 Å². The first-order chi connectivity index (χ1) is 16.3. The van der Waals surface area contributed by atoms with Crippen molar-refractivity contribution in [2.75, 3.05) is 10.8 Å². The van der Waals surface area contributed by atoms with E-state index in [0.717, 1.165) is 24.0 Å². The summed E-state index contributed by atoms with van der Waals surface area (Å²) in [4.78, 5) is 13.3. The van der Waals surface area contributed by atoms with Crippen molar-refractivity contribution in [3.05, 3.63) is 89.0 Å². The van der Waals surface area contributed by atoms with Gasteiger partial charge in [0, 0.05) is 6.54 Å². The Morgan fingerprint density at radius 1 is 1.00 bits per heavy atom. The molecule has 7 heteroatoms. The van der Waals surface area contributed by atoms with Crippen LogP contribution in [0, 0.1) is 6.92 Å². The van der Waals surface area contributed by atoms with E-state index in [0.29, 0.717) is 18.0 Å². The fraction of sp³-hybridized carbons (Fsp3) is 0.296. The Labute approximate surface area is 201 Å². The maximum Gasteiger partial charge on any atom is 0.264 e. The number of amides is 1. The van der Waals surface area contributed by atoms with Gasteiger partial charge in [-0.3, -0.25) is 9.10 Å². The molecule has 1 aliphatic heterocycles. The quantitative estimate of drug-likeness (QED) is 0.546. The van der Waals surface area contributed by atoms with Gasteiger partial charge in [-0.15, -0.1) is 0 Å². The lowest BCUT2D eigenvalue weighted by Crippen LogP contribution is -2.50. The summed E-state index contributed by atoms with van der Waals surface area (Å²) in [7, 11) is -3.87. The third-order valence-electron chi connectivity index (χ3n) is 6.12. The molecule has 4 rings (SSSR count). The number of hydrogen-bond donors (Lipinski definition) is 1. The van der Waals surface area contributed by atoms with Crippen LogP contribution in [0.15, 0.2) is 71.6 Å². The minimum Gasteiger partial charge on any atom is -0.476 e. The summed E-state index contributed by atoms with van der Waals surface area (Å²) in [5.41, 5.74) is 4.80. The molecule has 0 radical (unpaired) electrons. The molecule has 6 nitrogen and oxygen atoms in total. The molecule has 1 aliphatic rings. The summed E-state index contributed by atoms with van der Waals surface area (Å²) in [6.45, 7) is 6.34.